The standard InChI is InChI=1S/C20H27N5O4S/c1-15-12-16(2)25(23-15)14-19(26)21-22-20(27)17-8-7-9-18(13-17)30(28,29)24-10-5-3-4-6-11-24/h7-9,12-13H,3-6,10-11,14H2,1-2H3,(H,21,26)(H,22,27). The van der Waals surface area contributed by atoms with Crippen molar-refractivity contribution in [2.75, 3.05) is 13.1 Å². The molecule has 0 saturated carbocycles. The SMILES string of the molecule is Cc1cc(C)n(CC(=O)NNC(=O)c2cccc(S(=O)(=O)N3CCCCCC3)c2)n1. The van der Waals surface area contributed by atoms with Crippen molar-refractivity contribution in [3.63, 3.8) is 0 Å². The predicted octanol–water partition coefficient (Wildman–Crippen LogP) is 1.53. The van der Waals surface area contributed by atoms with Gasteiger partial charge >= 0.3 is 0 Å². The molecule has 1 aliphatic heterocycles. The minimum Gasteiger partial charge on any atom is -0.271 e. The van der Waals surface area contributed by atoms with Gasteiger partial charge in [-0.05, 0) is 51.0 Å². The number of nitrogens with one attached hydrogen (secondary N) is 2. The third-order valence-corrected chi connectivity index (χ3v) is 6.91. The summed E-state index contributed by atoms with van der Waals surface area (Å²) in [6, 6.07) is 7.70. The van der Waals surface area contributed by atoms with E-state index in [1.807, 2.05) is 19.9 Å². The van der Waals surface area contributed by atoms with Gasteiger partial charge in [0.25, 0.3) is 11.8 Å². The Morgan fingerprint density at radius 1 is 1.03 bits per heavy atom. The van der Waals surface area contributed by atoms with Crippen LogP contribution in [-0.4, -0.2) is 47.4 Å². The average Bonchev–Trinajstić information content (AvgIpc) is 2.92. The van der Waals surface area contributed by atoms with Gasteiger partial charge in [0.1, 0.15) is 6.54 Å². The average molecular weight is 434 g/mol. The maximum atomic E-state index is 12.9. The van der Waals surface area contributed by atoms with Crippen LogP contribution in [0.1, 0.15) is 47.4 Å². The number of aromatic nitrogens is 2. The van der Waals surface area contributed by atoms with Crippen molar-refractivity contribution in [3.05, 3.63) is 47.3 Å². The molecule has 0 bridgehead atoms. The fourth-order valence-corrected chi connectivity index (χ4v) is 5.00. The number of hydrazine groups is 1. The van der Waals surface area contributed by atoms with Gasteiger partial charge in [-0.25, -0.2) is 8.42 Å². The molecular formula is C20H27N5O4S. The van der Waals surface area contributed by atoms with Crippen LogP contribution in [0.15, 0.2) is 35.2 Å². The highest BCUT2D eigenvalue weighted by Crippen LogP contribution is 2.21. The van der Waals surface area contributed by atoms with Crippen LogP contribution in [0.2, 0.25) is 0 Å². The van der Waals surface area contributed by atoms with Gasteiger partial charge in [0.05, 0.1) is 10.6 Å². The molecule has 0 radical (unpaired) electrons. The van der Waals surface area contributed by atoms with E-state index in [2.05, 4.69) is 16.0 Å². The van der Waals surface area contributed by atoms with Gasteiger partial charge in [0, 0.05) is 24.3 Å². The first kappa shape index (κ1) is 22.0. The molecule has 30 heavy (non-hydrogen) atoms. The first-order chi connectivity index (χ1) is 14.3. The van der Waals surface area contributed by atoms with Gasteiger partial charge in [0.2, 0.25) is 10.0 Å². The Bertz CT molecular complexity index is 1020. The molecule has 0 unspecified atom stereocenters. The molecule has 1 saturated heterocycles. The number of amides is 2. The number of carbonyl (C=O) groups is 2. The van der Waals surface area contributed by atoms with E-state index < -0.39 is 21.8 Å². The molecular weight excluding hydrogens is 406 g/mol. The maximum absolute atomic E-state index is 12.9. The van der Waals surface area contributed by atoms with E-state index in [1.54, 1.807) is 0 Å². The molecule has 2 N–H and O–H groups in total. The van der Waals surface area contributed by atoms with Gasteiger partial charge < -0.3 is 0 Å². The number of nitrogens with zero attached hydrogens (tertiary/aromatic N) is 3. The second-order valence-electron chi connectivity index (χ2n) is 7.43. The maximum Gasteiger partial charge on any atom is 0.269 e. The van der Waals surface area contributed by atoms with Crippen molar-refractivity contribution in [2.45, 2.75) is 51.0 Å². The lowest BCUT2D eigenvalue weighted by Gasteiger charge is -2.20. The largest absolute Gasteiger partial charge is 0.271 e. The van der Waals surface area contributed by atoms with Crippen molar-refractivity contribution >= 4 is 21.8 Å². The summed E-state index contributed by atoms with van der Waals surface area (Å²) in [6.07, 6.45) is 3.71. The molecule has 2 aromatic rings. The Morgan fingerprint density at radius 2 is 1.73 bits per heavy atom. The van der Waals surface area contributed by atoms with Gasteiger partial charge in [-0.3, -0.25) is 25.1 Å². The fraction of sp³-hybridized carbons (Fsp3) is 0.450. The molecule has 1 aromatic carbocycles. The van der Waals surface area contributed by atoms with Gasteiger partial charge in [0.15, 0.2) is 0 Å². The highest BCUT2D eigenvalue weighted by atomic mass is 32.2. The molecule has 1 fully saturated rings. The van der Waals surface area contributed by atoms with Crippen LogP contribution in [0, 0.1) is 13.8 Å². The Labute approximate surface area is 176 Å². The van der Waals surface area contributed by atoms with E-state index in [1.165, 1.54) is 33.3 Å². The van der Waals surface area contributed by atoms with Crippen LogP contribution < -0.4 is 10.9 Å². The Hall–Kier alpha value is -2.72. The molecule has 0 atom stereocenters. The summed E-state index contributed by atoms with van der Waals surface area (Å²) in [7, 11) is -3.66. The van der Waals surface area contributed by atoms with Crippen LogP contribution in [0.5, 0.6) is 0 Å². The summed E-state index contributed by atoms with van der Waals surface area (Å²) < 4.78 is 28.9. The lowest BCUT2D eigenvalue weighted by Crippen LogP contribution is -2.43. The minimum atomic E-state index is -3.66. The number of sulfonamides is 1. The zero-order valence-corrected chi connectivity index (χ0v) is 18.0. The minimum absolute atomic E-state index is 0.0384. The first-order valence-corrected chi connectivity index (χ1v) is 11.4. The third kappa shape index (κ3) is 5.25. The second-order valence-corrected chi connectivity index (χ2v) is 9.37. The van der Waals surface area contributed by atoms with E-state index in [9.17, 15) is 18.0 Å². The van der Waals surface area contributed by atoms with Crippen molar-refractivity contribution in [2.24, 2.45) is 0 Å². The molecule has 9 nitrogen and oxygen atoms in total. The first-order valence-electron chi connectivity index (χ1n) is 9.98. The van der Waals surface area contributed by atoms with E-state index >= 15 is 0 Å². The van der Waals surface area contributed by atoms with Crippen molar-refractivity contribution in [1.29, 1.82) is 0 Å². The molecule has 1 aromatic heterocycles. The highest BCUT2D eigenvalue weighted by Gasteiger charge is 2.25. The smallest absolute Gasteiger partial charge is 0.269 e. The molecule has 1 aliphatic rings. The number of aryl methyl sites for hydroxylation is 2. The summed E-state index contributed by atoms with van der Waals surface area (Å²) in [5.74, 6) is -1.03. The Kier molecular flexibility index (Phi) is 6.88. The third-order valence-electron chi connectivity index (χ3n) is 5.01. The van der Waals surface area contributed by atoms with Gasteiger partial charge in [-0.1, -0.05) is 18.9 Å². The topological polar surface area (TPSA) is 113 Å². The van der Waals surface area contributed by atoms with Crippen molar-refractivity contribution < 1.29 is 18.0 Å². The monoisotopic (exact) mass is 433 g/mol. The Morgan fingerprint density at radius 3 is 2.37 bits per heavy atom. The molecule has 3 rings (SSSR count). The Balaban J connectivity index is 1.64. The number of carbonyl (C=O) groups excluding carboxylic acids is 2. The molecule has 162 valence electrons. The summed E-state index contributed by atoms with van der Waals surface area (Å²) >= 11 is 0. The van der Waals surface area contributed by atoms with E-state index in [4.69, 9.17) is 0 Å². The van der Waals surface area contributed by atoms with E-state index in [0.717, 1.165) is 37.1 Å². The van der Waals surface area contributed by atoms with Crippen LogP contribution in [0.25, 0.3) is 0 Å². The van der Waals surface area contributed by atoms with Crippen molar-refractivity contribution in [3.8, 4) is 0 Å². The van der Waals surface area contributed by atoms with Crippen molar-refractivity contribution in [1.82, 2.24) is 24.9 Å². The normalized spacial score (nSPS) is 15.4. The summed E-state index contributed by atoms with van der Waals surface area (Å²) in [6.45, 7) is 4.60. The summed E-state index contributed by atoms with van der Waals surface area (Å²) in [4.78, 5) is 24.6. The van der Waals surface area contributed by atoms with E-state index in [0.29, 0.717) is 13.1 Å². The molecule has 0 spiro atoms. The highest BCUT2D eigenvalue weighted by molar-refractivity contribution is 7.89. The summed E-state index contributed by atoms with van der Waals surface area (Å²) in [5, 5.41) is 4.20. The van der Waals surface area contributed by atoms with Gasteiger partial charge in [-0.2, -0.15) is 9.40 Å². The van der Waals surface area contributed by atoms with E-state index in [-0.39, 0.29) is 17.0 Å². The molecule has 2 heterocycles. The van der Waals surface area contributed by atoms with Crippen LogP contribution in [-0.2, 0) is 21.4 Å². The molecule has 10 heteroatoms. The number of rotatable bonds is 5. The summed E-state index contributed by atoms with van der Waals surface area (Å²) in [5.41, 5.74) is 6.44. The van der Waals surface area contributed by atoms with Crippen LogP contribution >= 0.6 is 0 Å². The zero-order valence-electron chi connectivity index (χ0n) is 17.2. The zero-order chi connectivity index (χ0) is 21.7. The second kappa shape index (κ2) is 9.40. The molecule has 2 amide bonds. The van der Waals surface area contributed by atoms with Crippen LogP contribution in [0.4, 0.5) is 0 Å². The number of benzene rings is 1. The van der Waals surface area contributed by atoms with Crippen LogP contribution in [0.3, 0.4) is 0 Å². The quantitative estimate of drug-likeness (QED) is 0.694. The fourth-order valence-electron chi connectivity index (χ4n) is 3.44. The predicted molar refractivity (Wildman–Crippen MR) is 111 cm³/mol. The van der Waals surface area contributed by atoms with Gasteiger partial charge in [-0.15, -0.1) is 0 Å². The number of hydrogen-bond acceptors (Lipinski definition) is 5. The lowest BCUT2D eigenvalue weighted by atomic mass is 10.2. The number of hydrogen-bond donors (Lipinski definition) is 2. The molecule has 0 aliphatic carbocycles. The lowest BCUT2D eigenvalue weighted by molar-refractivity contribution is -0.122.